The number of amides is 2. The number of para-hydroxylation sites is 1. The van der Waals surface area contributed by atoms with Gasteiger partial charge in [0.15, 0.2) is 5.75 Å². The number of phenolic OH excluding ortho intramolecular Hbond substituents is 1. The minimum absolute atomic E-state index is 0.0544. The molecule has 104 valence electrons. The molecule has 0 fully saturated rings. The van der Waals surface area contributed by atoms with Crippen molar-refractivity contribution in [2.45, 2.75) is 19.9 Å². The Labute approximate surface area is 112 Å². The second-order valence-corrected chi connectivity index (χ2v) is 4.29. The lowest BCUT2D eigenvalue weighted by Gasteiger charge is -2.20. The molecular formula is C13H19N3O3. The van der Waals surface area contributed by atoms with Crippen LogP contribution in [0.2, 0.25) is 0 Å². The summed E-state index contributed by atoms with van der Waals surface area (Å²) in [6.07, 6.45) is 0. The third-order valence-electron chi connectivity index (χ3n) is 2.88. The Morgan fingerprint density at radius 1 is 1.47 bits per heavy atom. The van der Waals surface area contributed by atoms with Gasteiger partial charge in [-0.2, -0.15) is 0 Å². The molecule has 0 aromatic heterocycles. The van der Waals surface area contributed by atoms with E-state index in [-0.39, 0.29) is 22.9 Å². The Kier molecular flexibility index (Phi) is 4.74. The van der Waals surface area contributed by atoms with Gasteiger partial charge in [-0.15, -0.1) is 0 Å². The van der Waals surface area contributed by atoms with Crippen molar-refractivity contribution in [3.05, 3.63) is 23.8 Å². The van der Waals surface area contributed by atoms with Crippen LogP contribution in [0.5, 0.6) is 5.75 Å². The van der Waals surface area contributed by atoms with Gasteiger partial charge in [0.2, 0.25) is 5.91 Å². The average molecular weight is 265 g/mol. The van der Waals surface area contributed by atoms with Crippen LogP contribution in [-0.4, -0.2) is 41.5 Å². The number of likely N-dealkylation sites (N-methyl/N-ethyl adjacent to an activating group) is 1. The first-order chi connectivity index (χ1) is 8.88. The molecule has 0 aliphatic heterocycles. The molecule has 0 saturated carbocycles. The molecule has 1 unspecified atom stereocenters. The van der Waals surface area contributed by atoms with Crippen LogP contribution >= 0.6 is 0 Å². The maximum atomic E-state index is 11.9. The molecule has 4 N–H and O–H groups in total. The fraction of sp³-hybridized carbons (Fsp3) is 0.385. The monoisotopic (exact) mass is 265 g/mol. The van der Waals surface area contributed by atoms with Crippen LogP contribution in [0.15, 0.2) is 18.2 Å². The summed E-state index contributed by atoms with van der Waals surface area (Å²) in [5, 5.41) is 12.2. The fourth-order valence-electron chi connectivity index (χ4n) is 1.57. The summed E-state index contributed by atoms with van der Waals surface area (Å²) in [5.41, 5.74) is 5.69. The number of anilines is 1. The number of nitrogens with one attached hydrogen (secondary N) is 1. The normalized spacial score (nSPS) is 11.7. The van der Waals surface area contributed by atoms with Gasteiger partial charge in [-0.05, 0) is 26.0 Å². The second-order valence-electron chi connectivity index (χ2n) is 4.29. The maximum Gasteiger partial charge on any atom is 0.255 e. The van der Waals surface area contributed by atoms with E-state index < -0.39 is 11.9 Å². The van der Waals surface area contributed by atoms with E-state index in [1.165, 1.54) is 17.0 Å². The maximum absolute atomic E-state index is 11.9. The van der Waals surface area contributed by atoms with Crippen molar-refractivity contribution in [3.8, 4) is 5.75 Å². The standard InChI is InChI=1S/C13H19N3O3/c1-4-16(3)13(19)8(2)15-12(18)9-6-5-7-10(14)11(9)17/h5-8,17H,4,14H2,1-3H3,(H,15,18). The third kappa shape index (κ3) is 3.37. The first kappa shape index (κ1) is 14.8. The van der Waals surface area contributed by atoms with Gasteiger partial charge in [-0.1, -0.05) is 6.07 Å². The molecule has 0 spiro atoms. The number of carbonyl (C=O) groups is 2. The predicted octanol–water partition coefficient (Wildman–Crippen LogP) is 0.571. The molecule has 0 heterocycles. The zero-order valence-electron chi connectivity index (χ0n) is 11.3. The van der Waals surface area contributed by atoms with E-state index >= 15 is 0 Å². The lowest BCUT2D eigenvalue weighted by Crippen LogP contribution is -2.45. The van der Waals surface area contributed by atoms with Crippen LogP contribution in [0.1, 0.15) is 24.2 Å². The number of nitrogen functional groups attached to an aromatic ring is 1. The fourth-order valence-corrected chi connectivity index (χ4v) is 1.57. The molecule has 0 radical (unpaired) electrons. The van der Waals surface area contributed by atoms with E-state index in [4.69, 9.17) is 5.73 Å². The molecule has 2 amide bonds. The van der Waals surface area contributed by atoms with Crippen molar-refractivity contribution in [1.29, 1.82) is 0 Å². The van der Waals surface area contributed by atoms with Crippen LogP contribution in [0.25, 0.3) is 0 Å². The minimum Gasteiger partial charge on any atom is -0.505 e. The topological polar surface area (TPSA) is 95.7 Å². The van der Waals surface area contributed by atoms with E-state index in [0.717, 1.165) is 0 Å². The first-order valence-corrected chi connectivity index (χ1v) is 6.01. The minimum atomic E-state index is -0.668. The van der Waals surface area contributed by atoms with Gasteiger partial charge in [0.1, 0.15) is 6.04 Å². The number of hydrogen-bond acceptors (Lipinski definition) is 4. The van der Waals surface area contributed by atoms with Gasteiger partial charge in [0.25, 0.3) is 5.91 Å². The Morgan fingerprint density at radius 2 is 2.11 bits per heavy atom. The van der Waals surface area contributed by atoms with Crippen molar-refractivity contribution in [2.75, 3.05) is 19.3 Å². The van der Waals surface area contributed by atoms with Gasteiger partial charge in [0, 0.05) is 13.6 Å². The zero-order chi connectivity index (χ0) is 14.6. The first-order valence-electron chi connectivity index (χ1n) is 6.01. The van der Waals surface area contributed by atoms with E-state index in [9.17, 15) is 14.7 Å². The van der Waals surface area contributed by atoms with Gasteiger partial charge < -0.3 is 21.1 Å². The largest absolute Gasteiger partial charge is 0.505 e. The molecule has 0 bridgehead atoms. The van der Waals surface area contributed by atoms with Crippen LogP contribution in [0.3, 0.4) is 0 Å². The molecule has 0 saturated heterocycles. The molecule has 6 heteroatoms. The summed E-state index contributed by atoms with van der Waals surface area (Å²) in [6.45, 7) is 3.99. The van der Waals surface area contributed by atoms with E-state index in [2.05, 4.69) is 5.32 Å². The number of hydrogen-bond donors (Lipinski definition) is 3. The summed E-state index contributed by atoms with van der Waals surface area (Å²) in [4.78, 5) is 25.3. The average Bonchev–Trinajstić information content (AvgIpc) is 2.39. The summed E-state index contributed by atoms with van der Waals surface area (Å²) in [7, 11) is 1.66. The molecule has 1 rings (SSSR count). The highest BCUT2D eigenvalue weighted by Crippen LogP contribution is 2.24. The zero-order valence-corrected chi connectivity index (χ0v) is 11.3. The van der Waals surface area contributed by atoms with Crippen molar-refractivity contribution >= 4 is 17.5 Å². The second kappa shape index (κ2) is 6.08. The Hall–Kier alpha value is -2.24. The number of phenols is 1. The number of benzene rings is 1. The number of carbonyl (C=O) groups excluding carboxylic acids is 2. The van der Waals surface area contributed by atoms with Crippen molar-refractivity contribution in [3.63, 3.8) is 0 Å². The van der Waals surface area contributed by atoms with Crippen LogP contribution in [0.4, 0.5) is 5.69 Å². The van der Waals surface area contributed by atoms with Crippen LogP contribution < -0.4 is 11.1 Å². The highest BCUT2D eigenvalue weighted by molar-refractivity contribution is 6.00. The lowest BCUT2D eigenvalue weighted by molar-refractivity contribution is -0.131. The molecule has 0 aliphatic carbocycles. The van der Waals surface area contributed by atoms with Crippen molar-refractivity contribution < 1.29 is 14.7 Å². The molecule has 6 nitrogen and oxygen atoms in total. The molecule has 1 aromatic rings. The summed E-state index contributed by atoms with van der Waals surface area (Å²) in [6, 6.07) is 3.83. The molecular weight excluding hydrogens is 246 g/mol. The van der Waals surface area contributed by atoms with Crippen LogP contribution in [0, 0.1) is 0 Å². The van der Waals surface area contributed by atoms with Gasteiger partial charge in [-0.3, -0.25) is 9.59 Å². The summed E-state index contributed by atoms with van der Waals surface area (Å²) < 4.78 is 0. The van der Waals surface area contributed by atoms with Gasteiger partial charge in [0.05, 0.1) is 11.3 Å². The number of rotatable bonds is 4. The molecule has 19 heavy (non-hydrogen) atoms. The van der Waals surface area contributed by atoms with Gasteiger partial charge >= 0.3 is 0 Å². The quantitative estimate of drug-likeness (QED) is 0.548. The van der Waals surface area contributed by atoms with Crippen molar-refractivity contribution in [2.24, 2.45) is 0 Å². The summed E-state index contributed by atoms with van der Waals surface area (Å²) in [5.74, 6) is -1.00. The Bertz CT molecular complexity index is 488. The third-order valence-corrected chi connectivity index (χ3v) is 2.88. The predicted molar refractivity (Wildman–Crippen MR) is 72.8 cm³/mol. The number of nitrogens with two attached hydrogens (primary N) is 1. The van der Waals surface area contributed by atoms with Crippen molar-refractivity contribution in [1.82, 2.24) is 10.2 Å². The van der Waals surface area contributed by atoms with E-state index in [0.29, 0.717) is 6.54 Å². The van der Waals surface area contributed by atoms with E-state index in [1.807, 2.05) is 6.92 Å². The smallest absolute Gasteiger partial charge is 0.255 e. The van der Waals surface area contributed by atoms with Crippen LogP contribution in [-0.2, 0) is 4.79 Å². The van der Waals surface area contributed by atoms with Gasteiger partial charge in [-0.25, -0.2) is 0 Å². The molecule has 1 aromatic carbocycles. The lowest BCUT2D eigenvalue weighted by atomic mass is 10.1. The molecule has 0 aliphatic rings. The number of aromatic hydroxyl groups is 1. The van der Waals surface area contributed by atoms with E-state index in [1.54, 1.807) is 20.0 Å². The summed E-state index contributed by atoms with van der Waals surface area (Å²) >= 11 is 0. The number of nitrogens with zero attached hydrogens (tertiary/aromatic N) is 1. The Balaban J connectivity index is 2.80. The highest BCUT2D eigenvalue weighted by atomic mass is 16.3. The SMILES string of the molecule is CCN(C)C(=O)C(C)NC(=O)c1cccc(N)c1O. The Morgan fingerprint density at radius 3 is 2.68 bits per heavy atom. The molecule has 1 atom stereocenters. The highest BCUT2D eigenvalue weighted by Gasteiger charge is 2.21.